The molecule has 1 aromatic heterocycles. The van der Waals surface area contributed by atoms with Crippen molar-refractivity contribution in [1.82, 2.24) is 9.21 Å². The fourth-order valence-electron chi connectivity index (χ4n) is 3.73. The van der Waals surface area contributed by atoms with Gasteiger partial charge in [-0.05, 0) is 31.4 Å². The van der Waals surface area contributed by atoms with Crippen LogP contribution in [0.15, 0.2) is 53.4 Å². The van der Waals surface area contributed by atoms with Crippen LogP contribution in [0.5, 0.6) is 5.75 Å². The smallest absolute Gasteiger partial charge is 0.260 e. The summed E-state index contributed by atoms with van der Waals surface area (Å²) in [5.41, 5.74) is 0. The van der Waals surface area contributed by atoms with Crippen molar-refractivity contribution in [3.63, 3.8) is 0 Å². The highest BCUT2D eigenvalue weighted by molar-refractivity contribution is 7.89. The van der Waals surface area contributed by atoms with Crippen LogP contribution in [0.4, 0.5) is 0 Å². The number of ether oxygens (including phenoxy) is 1. The van der Waals surface area contributed by atoms with E-state index in [1.54, 1.807) is 11.0 Å². The summed E-state index contributed by atoms with van der Waals surface area (Å²) < 4.78 is 33.1. The van der Waals surface area contributed by atoms with Gasteiger partial charge in [0.25, 0.3) is 5.91 Å². The molecule has 0 N–H and O–H groups in total. The van der Waals surface area contributed by atoms with Gasteiger partial charge < -0.3 is 9.64 Å². The predicted molar refractivity (Wildman–Crippen MR) is 119 cm³/mol. The van der Waals surface area contributed by atoms with Crippen LogP contribution in [0.2, 0.25) is 0 Å². The molecule has 1 aliphatic heterocycles. The number of hydrogen-bond acceptors (Lipinski definition) is 5. The van der Waals surface area contributed by atoms with E-state index < -0.39 is 10.0 Å². The minimum Gasteiger partial charge on any atom is -0.483 e. The molecule has 158 valence electrons. The summed E-state index contributed by atoms with van der Waals surface area (Å²) in [7, 11) is -3.53. The van der Waals surface area contributed by atoms with Crippen molar-refractivity contribution in [2.75, 3.05) is 32.8 Å². The summed E-state index contributed by atoms with van der Waals surface area (Å²) >= 11 is 1.48. The lowest BCUT2D eigenvalue weighted by atomic mass is 10.1. The van der Waals surface area contributed by atoms with Crippen molar-refractivity contribution in [2.24, 2.45) is 0 Å². The molecule has 1 saturated heterocycles. The number of hydrogen-bond donors (Lipinski definition) is 0. The normalized spacial score (nSPS) is 15.5. The van der Waals surface area contributed by atoms with Gasteiger partial charge in [0.2, 0.25) is 10.0 Å². The van der Waals surface area contributed by atoms with E-state index in [0.29, 0.717) is 23.7 Å². The first-order chi connectivity index (χ1) is 14.4. The first-order valence-electron chi connectivity index (χ1n) is 9.82. The number of carbonyl (C=O) groups excluding carboxylic acids is 1. The summed E-state index contributed by atoms with van der Waals surface area (Å²) in [5, 5.41) is 2.02. The van der Waals surface area contributed by atoms with Crippen molar-refractivity contribution in [2.45, 2.75) is 18.7 Å². The van der Waals surface area contributed by atoms with E-state index in [-0.39, 0.29) is 25.6 Å². The van der Waals surface area contributed by atoms with Crippen LogP contribution in [0.25, 0.3) is 10.8 Å². The van der Waals surface area contributed by atoms with E-state index in [0.717, 1.165) is 20.5 Å². The van der Waals surface area contributed by atoms with Crippen LogP contribution < -0.4 is 4.74 Å². The molecule has 0 unspecified atom stereocenters. The van der Waals surface area contributed by atoms with Crippen LogP contribution in [-0.4, -0.2) is 56.3 Å². The molecule has 6 nitrogen and oxygen atoms in total. The minimum atomic E-state index is -3.53. The van der Waals surface area contributed by atoms with Gasteiger partial charge in [-0.25, -0.2) is 8.42 Å². The third-order valence-electron chi connectivity index (χ3n) is 5.31. The fourth-order valence-corrected chi connectivity index (χ4v) is 6.68. The van der Waals surface area contributed by atoms with E-state index >= 15 is 0 Å². The zero-order valence-electron chi connectivity index (χ0n) is 17.0. The second kappa shape index (κ2) is 8.37. The molecule has 0 atom stereocenters. The standard InChI is InChI=1S/C22H24N2O4S2/c1-16-14-21(17(2)29-16)30(26,27)24-12-10-23(11-13-24)22(25)15-28-20-9-5-7-18-6-3-4-8-19(18)20/h3-9,14H,10-13,15H2,1-2H3. The van der Waals surface area contributed by atoms with Gasteiger partial charge in [-0.2, -0.15) is 4.31 Å². The summed E-state index contributed by atoms with van der Waals surface area (Å²) in [6.07, 6.45) is 0. The van der Waals surface area contributed by atoms with Gasteiger partial charge in [0.05, 0.1) is 4.90 Å². The van der Waals surface area contributed by atoms with E-state index in [1.807, 2.05) is 56.3 Å². The number of benzene rings is 2. The maximum Gasteiger partial charge on any atom is 0.260 e. The third-order valence-corrected chi connectivity index (χ3v) is 8.43. The van der Waals surface area contributed by atoms with Crippen LogP contribution in [0, 0.1) is 13.8 Å². The lowest BCUT2D eigenvalue weighted by Gasteiger charge is -2.34. The summed E-state index contributed by atoms with van der Waals surface area (Å²) in [6, 6.07) is 15.3. The van der Waals surface area contributed by atoms with Gasteiger partial charge in [-0.1, -0.05) is 36.4 Å². The molecule has 2 aromatic carbocycles. The highest BCUT2D eigenvalue weighted by Crippen LogP contribution is 2.28. The molecule has 3 aromatic rings. The first-order valence-corrected chi connectivity index (χ1v) is 12.1. The number of carbonyl (C=O) groups is 1. The predicted octanol–water partition coefficient (Wildman–Crippen LogP) is 3.43. The number of piperazine rings is 1. The average molecular weight is 445 g/mol. The van der Waals surface area contributed by atoms with Gasteiger partial charge in [0.15, 0.2) is 6.61 Å². The third kappa shape index (κ3) is 4.08. The molecule has 0 aliphatic carbocycles. The number of nitrogens with zero attached hydrogens (tertiary/aromatic N) is 2. The molecule has 2 heterocycles. The van der Waals surface area contributed by atoms with Crippen molar-refractivity contribution < 1.29 is 17.9 Å². The molecule has 1 aliphatic rings. The first kappa shape index (κ1) is 20.8. The number of sulfonamides is 1. The summed E-state index contributed by atoms with van der Waals surface area (Å²) in [5.74, 6) is 0.536. The lowest BCUT2D eigenvalue weighted by molar-refractivity contribution is -0.134. The maximum absolute atomic E-state index is 12.9. The molecule has 1 fully saturated rings. The summed E-state index contributed by atoms with van der Waals surface area (Å²) in [4.78, 5) is 16.5. The molecule has 4 rings (SSSR count). The lowest BCUT2D eigenvalue weighted by Crippen LogP contribution is -2.51. The Bertz CT molecular complexity index is 1170. The zero-order valence-corrected chi connectivity index (χ0v) is 18.6. The van der Waals surface area contributed by atoms with Gasteiger partial charge >= 0.3 is 0 Å². The molecule has 0 bridgehead atoms. The quantitative estimate of drug-likeness (QED) is 0.605. The molecule has 0 spiro atoms. The van der Waals surface area contributed by atoms with E-state index in [4.69, 9.17) is 4.74 Å². The van der Waals surface area contributed by atoms with Crippen molar-refractivity contribution in [3.8, 4) is 5.75 Å². The monoisotopic (exact) mass is 444 g/mol. The second-order valence-electron chi connectivity index (χ2n) is 7.33. The molecule has 30 heavy (non-hydrogen) atoms. The maximum atomic E-state index is 12.9. The number of rotatable bonds is 5. The Morgan fingerprint density at radius 2 is 1.73 bits per heavy atom. The Labute approximate surface area is 180 Å². The van der Waals surface area contributed by atoms with Crippen LogP contribution in [0.3, 0.4) is 0 Å². The Hall–Kier alpha value is -2.42. The van der Waals surface area contributed by atoms with Crippen molar-refractivity contribution in [1.29, 1.82) is 0 Å². The van der Waals surface area contributed by atoms with Crippen molar-refractivity contribution >= 4 is 38.0 Å². The van der Waals surface area contributed by atoms with Crippen molar-refractivity contribution in [3.05, 3.63) is 58.3 Å². The zero-order chi connectivity index (χ0) is 21.3. The number of amides is 1. The summed E-state index contributed by atoms with van der Waals surface area (Å²) in [6.45, 7) is 4.97. The van der Waals surface area contributed by atoms with Crippen LogP contribution in [-0.2, 0) is 14.8 Å². The molecule has 0 saturated carbocycles. The molecule has 8 heteroatoms. The Morgan fingerprint density at radius 1 is 1.03 bits per heavy atom. The Kier molecular flexibility index (Phi) is 5.81. The highest BCUT2D eigenvalue weighted by Gasteiger charge is 2.31. The Balaban J connectivity index is 1.37. The van der Waals surface area contributed by atoms with Gasteiger partial charge in [0, 0.05) is 41.3 Å². The average Bonchev–Trinajstić information content (AvgIpc) is 3.10. The molecule has 1 amide bonds. The fraction of sp³-hybridized carbons (Fsp3) is 0.318. The van der Waals surface area contributed by atoms with E-state index in [1.165, 1.54) is 15.6 Å². The second-order valence-corrected chi connectivity index (χ2v) is 10.7. The van der Waals surface area contributed by atoms with Gasteiger partial charge in [-0.15, -0.1) is 11.3 Å². The highest BCUT2D eigenvalue weighted by atomic mass is 32.2. The SMILES string of the molecule is Cc1cc(S(=O)(=O)N2CCN(C(=O)COc3cccc4ccccc34)CC2)c(C)s1. The molecule has 0 radical (unpaired) electrons. The van der Waals surface area contributed by atoms with Crippen LogP contribution >= 0.6 is 11.3 Å². The Morgan fingerprint density at radius 3 is 2.43 bits per heavy atom. The van der Waals surface area contributed by atoms with E-state index in [9.17, 15) is 13.2 Å². The number of fused-ring (bicyclic) bond motifs is 1. The molecular formula is C22H24N2O4S2. The minimum absolute atomic E-state index is 0.0659. The van der Waals surface area contributed by atoms with E-state index in [2.05, 4.69) is 0 Å². The van der Waals surface area contributed by atoms with Gasteiger partial charge in [0.1, 0.15) is 5.75 Å². The van der Waals surface area contributed by atoms with Gasteiger partial charge in [-0.3, -0.25) is 4.79 Å². The largest absolute Gasteiger partial charge is 0.483 e. The van der Waals surface area contributed by atoms with Crippen LogP contribution in [0.1, 0.15) is 9.75 Å². The number of aryl methyl sites for hydroxylation is 2. The topological polar surface area (TPSA) is 66.9 Å². The number of thiophene rings is 1. The molecular weight excluding hydrogens is 420 g/mol.